The molecule has 0 radical (unpaired) electrons. The Bertz CT molecular complexity index is 1060. The molecular formula is C21H21FN4O. The van der Waals surface area contributed by atoms with E-state index in [2.05, 4.69) is 14.5 Å². The number of fused-ring (bicyclic) bond motifs is 3. The molecular weight excluding hydrogens is 343 g/mol. The molecule has 0 aliphatic heterocycles. The van der Waals surface area contributed by atoms with Gasteiger partial charge >= 0.3 is 0 Å². The number of hydrogen-bond donors (Lipinski definition) is 1. The number of nitrogens with zero attached hydrogens (tertiary/aromatic N) is 3. The van der Waals surface area contributed by atoms with E-state index in [1.165, 1.54) is 12.1 Å². The maximum atomic E-state index is 12.9. The molecule has 0 fully saturated rings. The first kappa shape index (κ1) is 17.4. The van der Waals surface area contributed by atoms with Crippen molar-refractivity contribution in [2.75, 3.05) is 12.3 Å². The second-order valence-corrected chi connectivity index (χ2v) is 6.54. The number of nitrogens with two attached hydrogens (primary N) is 1. The van der Waals surface area contributed by atoms with E-state index in [0.717, 1.165) is 46.9 Å². The molecule has 0 amide bonds. The van der Waals surface area contributed by atoms with Crippen molar-refractivity contribution in [2.24, 2.45) is 0 Å². The molecule has 2 N–H and O–H groups in total. The van der Waals surface area contributed by atoms with Gasteiger partial charge in [-0.05, 0) is 36.6 Å². The van der Waals surface area contributed by atoms with Gasteiger partial charge in [-0.2, -0.15) is 0 Å². The summed E-state index contributed by atoms with van der Waals surface area (Å²) in [4.78, 5) is 8.87. The Kier molecular flexibility index (Phi) is 4.98. The van der Waals surface area contributed by atoms with Crippen molar-refractivity contribution in [1.29, 1.82) is 0 Å². The summed E-state index contributed by atoms with van der Waals surface area (Å²) in [5.74, 6) is 0.236. The van der Waals surface area contributed by atoms with Gasteiger partial charge in [0.2, 0.25) is 0 Å². The summed E-state index contributed by atoms with van der Waals surface area (Å²) in [6.45, 7) is 2.00. The van der Waals surface area contributed by atoms with Crippen molar-refractivity contribution in [1.82, 2.24) is 14.5 Å². The number of benzene rings is 2. The second kappa shape index (κ2) is 7.72. The third kappa shape index (κ3) is 3.75. The lowest BCUT2D eigenvalue weighted by Crippen LogP contribution is -2.01. The number of hydrogen-bond acceptors (Lipinski definition) is 4. The predicted molar refractivity (Wildman–Crippen MR) is 105 cm³/mol. The third-order valence-electron chi connectivity index (χ3n) is 4.60. The van der Waals surface area contributed by atoms with Gasteiger partial charge in [0, 0.05) is 18.5 Å². The standard InChI is InChI=1S/C21H21FN4O/c22-16-9-7-15(8-10-16)13-27-12-4-3-11-26-14-24-19-20(26)17-5-1-2-6-18(17)25-21(19)23/h1-2,5-10,14H,3-4,11-13H2,(H2,23,25). The SMILES string of the molecule is Nc1nc2ccccc2c2c1ncn2CCCCOCc1ccc(F)cc1. The minimum absolute atomic E-state index is 0.227. The lowest BCUT2D eigenvalue weighted by atomic mass is 10.2. The van der Waals surface area contributed by atoms with E-state index in [1.54, 1.807) is 12.1 Å². The Hall–Kier alpha value is -2.99. The molecule has 0 aliphatic rings. The van der Waals surface area contributed by atoms with E-state index in [0.29, 0.717) is 19.0 Å². The highest BCUT2D eigenvalue weighted by Gasteiger charge is 2.11. The molecule has 0 unspecified atom stereocenters. The van der Waals surface area contributed by atoms with Gasteiger partial charge < -0.3 is 15.0 Å². The first-order chi connectivity index (χ1) is 13.2. The number of aromatic nitrogens is 3. The monoisotopic (exact) mass is 364 g/mol. The molecule has 27 heavy (non-hydrogen) atoms. The lowest BCUT2D eigenvalue weighted by molar-refractivity contribution is 0.116. The zero-order valence-electron chi connectivity index (χ0n) is 14.9. The van der Waals surface area contributed by atoms with Crippen LogP contribution in [-0.2, 0) is 17.9 Å². The molecule has 4 rings (SSSR count). The van der Waals surface area contributed by atoms with Crippen molar-refractivity contribution in [3.63, 3.8) is 0 Å². The molecule has 0 saturated carbocycles. The zero-order chi connectivity index (χ0) is 18.6. The van der Waals surface area contributed by atoms with Crippen LogP contribution in [0.2, 0.25) is 0 Å². The maximum absolute atomic E-state index is 12.9. The fourth-order valence-electron chi connectivity index (χ4n) is 3.23. The molecule has 0 atom stereocenters. The van der Waals surface area contributed by atoms with Gasteiger partial charge in [-0.25, -0.2) is 14.4 Å². The molecule has 0 spiro atoms. The van der Waals surface area contributed by atoms with Crippen LogP contribution in [0, 0.1) is 5.82 Å². The van der Waals surface area contributed by atoms with E-state index in [-0.39, 0.29) is 5.82 Å². The van der Waals surface area contributed by atoms with Crippen LogP contribution in [0.3, 0.4) is 0 Å². The number of unbranched alkanes of at least 4 members (excludes halogenated alkanes) is 1. The van der Waals surface area contributed by atoms with Crippen LogP contribution in [0.25, 0.3) is 21.9 Å². The predicted octanol–water partition coefficient (Wildman–Crippen LogP) is 4.30. The normalized spacial score (nSPS) is 11.4. The number of halogens is 1. The summed E-state index contributed by atoms with van der Waals surface area (Å²) in [6.07, 6.45) is 3.72. The van der Waals surface area contributed by atoms with Gasteiger partial charge in [0.1, 0.15) is 11.3 Å². The van der Waals surface area contributed by atoms with Gasteiger partial charge in [0.25, 0.3) is 0 Å². The minimum Gasteiger partial charge on any atom is -0.382 e. The van der Waals surface area contributed by atoms with Crippen LogP contribution in [0.5, 0.6) is 0 Å². The Balaban J connectivity index is 1.36. The van der Waals surface area contributed by atoms with E-state index in [9.17, 15) is 4.39 Å². The number of anilines is 1. The highest BCUT2D eigenvalue weighted by molar-refractivity contribution is 6.06. The summed E-state index contributed by atoms with van der Waals surface area (Å²) in [5, 5.41) is 1.06. The van der Waals surface area contributed by atoms with Crippen LogP contribution in [0.15, 0.2) is 54.9 Å². The van der Waals surface area contributed by atoms with Crippen LogP contribution in [-0.4, -0.2) is 21.1 Å². The zero-order valence-corrected chi connectivity index (χ0v) is 14.9. The number of rotatable bonds is 7. The average molecular weight is 364 g/mol. The third-order valence-corrected chi connectivity index (χ3v) is 4.60. The summed E-state index contributed by atoms with van der Waals surface area (Å²) in [6, 6.07) is 14.4. The first-order valence-corrected chi connectivity index (χ1v) is 9.03. The lowest BCUT2D eigenvalue weighted by Gasteiger charge is -2.08. The number of imidazole rings is 1. The summed E-state index contributed by atoms with van der Waals surface area (Å²) in [7, 11) is 0. The maximum Gasteiger partial charge on any atom is 0.152 e. The molecule has 5 nitrogen and oxygen atoms in total. The van der Waals surface area contributed by atoms with Crippen molar-refractivity contribution in [3.8, 4) is 0 Å². The van der Waals surface area contributed by atoms with Gasteiger partial charge in [-0.3, -0.25) is 0 Å². The molecule has 2 aromatic carbocycles. The fourth-order valence-corrected chi connectivity index (χ4v) is 3.23. The number of pyridine rings is 1. The molecule has 0 saturated heterocycles. The van der Waals surface area contributed by atoms with E-state index < -0.39 is 0 Å². The molecule has 4 aromatic rings. The Morgan fingerprint density at radius 2 is 1.85 bits per heavy atom. The average Bonchev–Trinajstić information content (AvgIpc) is 3.11. The van der Waals surface area contributed by atoms with Crippen LogP contribution in [0.4, 0.5) is 10.2 Å². The molecule has 6 heteroatoms. The van der Waals surface area contributed by atoms with Gasteiger partial charge in [0.05, 0.1) is 24.0 Å². The Morgan fingerprint density at radius 3 is 2.70 bits per heavy atom. The van der Waals surface area contributed by atoms with Crippen molar-refractivity contribution < 1.29 is 9.13 Å². The highest BCUT2D eigenvalue weighted by atomic mass is 19.1. The number of aryl methyl sites for hydroxylation is 1. The van der Waals surface area contributed by atoms with E-state index in [4.69, 9.17) is 10.5 Å². The Morgan fingerprint density at radius 1 is 1.04 bits per heavy atom. The molecule has 2 heterocycles. The van der Waals surface area contributed by atoms with Crippen molar-refractivity contribution in [2.45, 2.75) is 26.0 Å². The first-order valence-electron chi connectivity index (χ1n) is 9.03. The van der Waals surface area contributed by atoms with Gasteiger partial charge in [0.15, 0.2) is 5.82 Å². The second-order valence-electron chi connectivity index (χ2n) is 6.54. The summed E-state index contributed by atoms with van der Waals surface area (Å²) in [5.41, 5.74) is 9.71. The number of nitrogen functional groups attached to an aromatic ring is 1. The van der Waals surface area contributed by atoms with Crippen LogP contribution < -0.4 is 5.73 Å². The minimum atomic E-state index is -0.227. The largest absolute Gasteiger partial charge is 0.382 e. The van der Waals surface area contributed by atoms with Crippen LogP contribution in [0.1, 0.15) is 18.4 Å². The Labute approximate surface area is 156 Å². The quantitative estimate of drug-likeness (QED) is 0.497. The number of ether oxygens (including phenoxy) is 1. The molecule has 138 valence electrons. The van der Waals surface area contributed by atoms with E-state index >= 15 is 0 Å². The fraction of sp³-hybridized carbons (Fsp3) is 0.238. The van der Waals surface area contributed by atoms with Gasteiger partial charge in [-0.15, -0.1) is 0 Å². The smallest absolute Gasteiger partial charge is 0.152 e. The van der Waals surface area contributed by atoms with Crippen molar-refractivity contribution >= 4 is 27.8 Å². The molecule has 0 bridgehead atoms. The molecule has 0 aliphatic carbocycles. The summed E-state index contributed by atoms with van der Waals surface area (Å²) < 4.78 is 20.7. The topological polar surface area (TPSA) is 66.0 Å². The van der Waals surface area contributed by atoms with Gasteiger partial charge in [-0.1, -0.05) is 30.3 Å². The summed E-state index contributed by atoms with van der Waals surface area (Å²) >= 11 is 0. The van der Waals surface area contributed by atoms with E-state index in [1.807, 2.05) is 30.6 Å². The van der Waals surface area contributed by atoms with Crippen molar-refractivity contribution in [3.05, 3.63) is 66.2 Å². The van der Waals surface area contributed by atoms with Crippen LogP contribution >= 0.6 is 0 Å². The molecule has 2 aromatic heterocycles. The highest BCUT2D eigenvalue weighted by Crippen LogP contribution is 2.27. The number of para-hydroxylation sites is 1.